The number of halogens is 2. The molecule has 1 atom stereocenters. The molecule has 0 saturated heterocycles. The molecule has 0 spiro atoms. The zero-order valence-electron chi connectivity index (χ0n) is 9.71. The molecular weight excluding hydrogens is 228 g/mol. The Morgan fingerprint density at radius 2 is 1.62 bits per heavy atom. The Balaban J connectivity index is 2.76. The average molecular weight is 245 g/mol. The van der Waals surface area contributed by atoms with Gasteiger partial charge in [-0.05, 0) is 37.3 Å². The van der Waals surface area contributed by atoms with Crippen molar-refractivity contribution in [2.45, 2.75) is 32.1 Å². The lowest BCUT2D eigenvalue weighted by atomic mass is 10.1. The molecule has 1 aromatic carbocycles. The minimum Gasteiger partial charge on any atom is -0.544 e. The molecule has 5 heteroatoms. The molecule has 1 rings (SSSR count). The lowest BCUT2D eigenvalue weighted by Gasteiger charge is -2.19. The molecule has 2 nitrogen and oxygen atoms in total. The molecule has 0 fully saturated rings. The van der Waals surface area contributed by atoms with Crippen molar-refractivity contribution in [2.24, 2.45) is 5.73 Å². The monoisotopic (exact) mass is 245 g/mol. The van der Waals surface area contributed by atoms with E-state index >= 15 is 0 Å². The predicted octanol–water partition coefficient (Wildman–Crippen LogP) is 3.17. The number of alkyl halides is 2. The Labute approximate surface area is 95.5 Å². The van der Waals surface area contributed by atoms with Gasteiger partial charge in [-0.2, -0.15) is 0 Å². The average Bonchev–Trinajstić information content (AvgIpc) is 2.15. The van der Waals surface area contributed by atoms with Gasteiger partial charge >= 0.3 is 0 Å². The van der Waals surface area contributed by atoms with Gasteiger partial charge in [0.15, 0.2) is 0 Å². The van der Waals surface area contributed by atoms with Crippen LogP contribution in [0.2, 0.25) is 19.6 Å². The summed E-state index contributed by atoms with van der Waals surface area (Å²) in [6, 6.07) is 5.34. The summed E-state index contributed by atoms with van der Waals surface area (Å²) < 4.78 is 30.4. The van der Waals surface area contributed by atoms with Crippen molar-refractivity contribution in [2.75, 3.05) is 0 Å². The van der Waals surface area contributed by atoms with Crippen LogP contribution in [0, 0.1) is 0 Å². The number of hydrogen-bond donors (Lipinski definition) is 1. The van der Waals surface area contributed by atoms with Crippen LogP contribution in [0.1, 0.15) is 11.6 Å². The van der Waals surface area contributed by atoms with Gasteiger partial charge in [-0.3, -0.25) is 0 Å². The van der Waals surface area contributed by atoms with Crippen molar-refractivity contribution in [3.63, 3.8) is 0 Å². The van der Waals surface area contributed by atoms with Gasteiger partial charge in [0.2, 0.25) is 8.32 Å². The first-order chi connectivity index (χ1) is 7.29. The normalized spacial score (nSPS) is 13.9. The maximum Gasteiger partial charge on any atom is 0.257 e. The number of rotatable bonds is 4. The fraction of sp³-hybridized carbons (Fsp3) is 0.455. The van der Waals surface area contributed by atoms with Gasteiger partial charge in [0.25, 0.3) is 6.43 Å². The van der Waals surface area contributed by atoms with E-state index in [-0.39, 0.29) is 0 Å². The third kappa shape index (κ3) is 3.90. The molecule has 0 saturated carbocycles. The second-order valence-electron chi connectivity index (χ2n) is 4.64. The van der Waals surface area contributed by atoms with Gasteiger partial charge in [0.05, 0.1) is 6.04 Å². The summed E-state index contributed by atoms with van der Waals surface area (Å²) in [4.78, 5) is 0. The van der Waals surface area contributed by atoms with Crippen LogP contribution in [0.5, 0.6) is 5.75 Å². The van der Waals surface area contributed by atoms with E-state index in [0.29, 0.717) is 11.3 Å². The Bertz CT molecular complexity index is 335. The first-order valence-corrected chi connectivity index (χ1v) is 8.53. The van der Waals surface area contributed by atoms with Crippen LogP contribution >= 0.6 is 0 Å². The lowest BCUT2D eigenvalue weighted by Crippen LogP contribution is -2.29. The maximum absolute atomic E-state index is 12.3. The van der Waals surface area contributed by atoms with E-state index in [4.69, 9.17) is 10.2 Å². The molecule has 2 N–H and O–H groups in total. The summed E-state index contributed by atoms with van der Waals surface area (Å²) in [7, 11) is -1.64. The zero-order valence-corrected chi connectivity index (χ0v) is 10.7. The number of benzene rings is 1. The molecule has 0 aromatic heterocycles. The molecule has 0 aliphatic rings. The molecular formula is C11H17F2NOSi. The van der Waals surface area contributed by atoms with Crippen molar-refractivity contribution in [3.8, 4) is 5.75 Å². The highest BCUT2D eigenvalue weighted by molar-refractivity contribution is 6.70. The van der Waals surface area contributed by atoms with Gasteiger partial charge in [-0.1, -0.05) is 12.1 Å². The first-order valence-electron chi connectivity index (χ1n) is 5.12. The number of nitrogens with two attached hydrogens (primary N) is 1. The smallest absolute Gasteiger partial charge is 0.257 e. The van der Waals surface area contributed by atoms with E-state index < -0.39 is 20.8 Å². The van der Waals surface area contributed by atoms with Crippen molar-refractivity contribution in [1.29, 1.82) is 0 Å². The largest absolute Gasteiger partial charge is 0.544 e. The summed E-state index contributed by atoms with van der Waals surface area (Å²) in [6.07, 6.45) is -2.54. The molecule has 0 unspecified atom stereocenters. The van der Waals surface area contributed by atoms with E-state index in [1.165, 1.54) is 0 Å². The highest BCUT2D eigenvalue weighted by Crippen LogP contribution is 2.22. The lowest BCUT2D eigenvalue weighted by molar-refractivity contribution is 0.116. The summed E-state index contributed by atoms with van der Waals surface area (Å²) in [5.41, 5.74) is 5.76. The van der Waals surface area contributed by atoms with Gasteiger partial charge in [0, 0.05) is 0 Å². The van der Waals surface area contributed by atoms with Crippen molar-refractivity contribution >= 4 is 8.32 Å². The van der Waals surface area contributed by atoms with E-state index in [1.807, 2.05) is 0 Å². The second-order valence-corrected chi connectivity index (χ2v) is 9.07. The maximum atomic E-state index is 12.3. The van der Waals surface area contributed by atoms with Gasteiger partial charge in [0.1, 0.15) is 5.75 Å². The molecule has 0 aliphatic carbocycles. The van der Waals surface area contributed by atoms with Crippen LogP contribution in [0.15, 0.2) is 24.3 Å². The van der Waals surface area contributed by atoms with Crippen LogP contribution in [0.4, 0.5) is 8.78 Å². The standard InChI is InChI=1S/C11H17F2NOSi/c1-16(2,3)15-9-6-4-8(5-7-9)10(14)11(12)13/h4-7,10-11H,14H2,1-3H3/t10-/m0/s1. The highest BCUT2D eigenvalue weighted by atomic mass is 28.4. The molecule has 90 valence electrons. The summed E-state index contributed by atoms with van der Waals surface area (Å²) in [5.74, 6) is 0.712. The summed E-state index contributed by atoms with van der Waals surface area (Å²) in [5, 5.41) is 0. The molecule has 0 aliphatic heterocycles. The molecule has 0 amide bonds. The molecule has 0 bridgehead atoms. The third-order valence-electron chi connectivity index (χ3n) is 1.96. The Kier molecular flexibility index (Phi) is 4.04. The fourth-order valence-electron chi connectivity index (χ4n) is 1.26. The minimum absolute atomic E-state index is 0.429. The van der Waals surface area contributed by atoms with Crippen molar-refractivity contribution in [1.82, 2.24) is 0 Å². The topological polar surface area (TPSA) is 35.2 Å². The SMILES string of the molecule is C[Si](C)(C)Oc1ccc([C@H](N)C(F)F)cc1. The van der Waals surface area contributed by atoms with Gasteiger partial charge in [-0.15, -0.1) is 0 Å². The van der Waals surface area contributed by atoms with E-state index in [2.05, 4.69) is 19.6 Å². The molecule has 0 heterocycles. The Morgan fingerprint density at radius 3 is 2.00 bits per heavy atom. The van der Waals surface area contributed by atoms with Crippen LogP contribution < -0.4 is 10.2 Å². The predicted molar refractivity (Wildman–Crippen MR) is 63.3 cm³/mol. The van der Waals surface area contributed by atoms with E-state index in [0.717, 1.165) is 0 Å². The zero-order chi connectivity index (χ0) is 12.3. The Hall–Kier alpha value is -0.943. The van der Waals surface area contributed by atoms with E-state index in [9.17, 15) is 8.78 Å². The van der Waals surface area contributed by atoms with Crippen LogP contribution in [-0.4, -0.2) is 14.7 Å². The third-order valence-corrected chi connectivity index (χ3v) is 2.81. The molecule has 1 aromatic rings. The van der Waals surface area contributed by atoms with Crippen LogP contribution in [-0.2, 0) is 0 Å². The van der Waals surface area contributed by atoms with Crippen molar-refractivity contribution in [3.05, 3.63) is 29.8 Å². The summed E-state index contributed by atoms with van der Waals surface area (Å²) in [6.45, 7) is 6.18. The quantitative estimate of drug-likeness (QED) is 0.827. The Morgan fingerprint density at radius 1 is 1.12 bits per heavy atom. The van der Waals surface area contributed by atoms with E-state index in [1.54, 1.807) is 24.3 Å². The van der Waals surface area contributed by atoms with Crippen LogP contribution in [0.25, 0.3) is 0 Å². The van der Waals surface area contributed by atoms with Gasteiger partial charge < -0.3 is 10.2 Å². The van der Waals surface area contributed by atoms with Crippen LogP contribution in [0.3, 0.4) is 0 Å². The van der Waals surface area contributed by atoms with Gasteiger partial charge in [-0.25, -0.2) is 8.78 Å². The number of hydrogen-bond acceptors (Lipinski definition) is 2. The minimum atomic E-state index is -2.54. The fourth-order valence-corrected chi connectivity index (χ4v) is 2.10. The van der Waals surface area contributed by atoms with Crippen molar-refractivity contribution < 1.29 is 13.2 Å². The second kappa shape index (κ2) is 4.93. The molecule has 16 heavy (non-hydrogen) atoms. The first kappa shape index (κ1) is 13.1. The molecule has 0 radical (unpaired) electrons. The summed E-state index contributed by atoms with van der Waals surface area (Å²) >= 11 is 0. The highest BCUT2D eigenvalue weighted by Gasteiger charge is 2.19.